The minimum absolute atomic E-state index is 0.287. The van der Waals surface area contributed by atoms with Crippen molar-refractivity contribution >= 4 is 23.9 Å². The molecule has 0 aromatic carbocycles. The fraction of sp³-hybridized carbons (Fsp3) is 0.467. The molecule has 0 aromatic heterocycles. The van der Waals surface area contributed by atoms with Crippen molar-refractivity contribution in [2.24, 2.45) is 0 Å². The van der Waals surface area contributed by atoms with Crippen LogP contribution in [0.25, 0.3) is 0 Å². The van der Waals surface area contributed by atoms with Gasteiger partial charge >= 0.3 is 23.9 Å². The van der Waals surface area contributed by atoms with Gasteiger partial charge in [-0.2, -0.15) is 0 Å². The summed E-state index contributed by atoms with van der Waals surface area (Å²) in [4.78, 5) is 43.0. The number of hydrogen-bond acceptors (Lipinski definition) is 8. The Morgan fingerprint density at radius 1 is 1.09 bits per heavy atom. The van der Waals surface area contributed by atoms with Gasteiger partial charge in [0.25, 0.3) is 0 Å². The normalized spacial score (nSPS) is 22.1. The Morgan fingerprint density at radius 3 is 1.91 bits per heavy atom. The highest BCUT2D eigenvalue weighted by Gasteiger charge is 2.30. The number of esters is 4. The maximum Gasteiger partial charge on any atom is 0.347 e. The molecule has 8 heteroatoms. The van der Waals surface area contributed by atoms with Gasteiger partial charge in [-0.05, 0) is 6.92 Å². The maximum absolute atomic E-state index is 10.9. The molecular formula is C15H18O8. The van der Waals surface area contributed by atoms with Crippen molar-refractivity contribution in [2.75, 3.05) is 13.2 Å². The smallest absolute Gasteiger partial charge is 0.347 e. The van der Waals surface area contributed by atoms with Crippen LogP contribution in [0.1, 0.15) is 19.8 Å². The second-order valence-electron chi connectivity index (χ2n) is 4.72. The van der Waals surface area contributed by atoms with Gasteiger partial charge in [0.05, 0.1) is 13.2 Å². The second kappa shape index (κ2) is 8.72. The van der Waals surface area contributed by atoms with Crippen molar-refractivity contribution in [2.45, 2.75) is 32.0 Å². The Labute approximate surface area is 133 Å². The lowest BCUT2D eigenvalue weighted by Crippen LogP contribution is -2.22. The number of carbonyl (C=O) groups excluding carboxylic acids is 4. The van der Waals surface area contributed by atoms with Crippen LogP contribution in [0.15, 0.2) is 24.8 Å². The lowest BCUT2D eigenvalue weighted by Gasteiger charge is -2.06. The molecule has 2 heterocycles. The number of cyclic esters (lactones) is 2. The topological polar surface area (TPSA) is 105 Å². The third-order valence-electron chi connectivity index (χ3n) is 2.80. The van der Waals surface area contributed by atoms with Gasteiger partial charge in [-0.25, -0.2) is 19.2 Å². The highest BCUT2D eigenvalue weighted by molar-refractivity contribution is 5.89. The summed E-state index contributed by atoms with van der Waals surface area (Å²) in [6, 6.07) is 0. The molecule has 2 rings (SSSR count). The maximum atomic E-state index is 10.9. The zero-order valence-electron chi connectivity index (χ0n) is 12.7. The first kappa shape index (κ1) is 18.4. The van der Waals surface area contributed by atoms with Gasteiger partial charge in [0.2, 0.25) is 12.2 Å². The summed E-state index contributed by atoms with van der Waals surface area (Å²) in [7, 11) is 0. The third kappa shape index (κ3) is 5.93. The molecular weight excluding hydrogens is 308 g/mol. The average molecular weight is 326 g/mol. The molecule has 0 N–H and O–H groups in total. The lowest BCUT2D eigenvalue weighted by molar-refractivity contribution is -0.157. The average Bonchev–Trinajstić information content (AvgIpc) is 3.09. The van der Waals surface area contributed by atoms with Crippen molar-refractivity contribution in [3.05, 3.63) is 24.8 Å². The van der Waals surface area contributed by atoms with E-state index in [9.17, 15) is 19.2 Å². The highest BCUT2D eigenvalue weighted by atomic mass is 16.6. The van der Waals surface area contributed by atoms with Crippen LogP contribution < -0.4 is 0 Å². The van der Waals surface area contributed by atoms with Crippen molar-refractivity contribution in [3.8, 4) is 0 Å². The molecule has 0 radical (unpaired) electrons. The molecule has 0 amide bonds. The quantitative estimate of drug-likeness (QED) is 0.416. The Hall–Kier alpha value is -2.64. The van der Waals surface area contributed by atoms with Crippen LogP contribution in [-0.4, -0.2) is 49.3 Å². The van der Waals surface area contributed by atoms with Crippen molar-refractivity contribution in [1.82, 2.24) is 0 Å². The second-order valence-corrected chi connectivity index (χ2v) is 4.72. The Morgan fingerprint density at radius 2 is 1.57 bits per heavy atom. The monoisotopic (exact) mass is 326 g/mol. The summed E-state index contributed by atoms with van der Waals surface area (Å²) in [5.74, 6) is -2.07. The molecule has 0 saturated carbocycles. The summed E-state index contributed by atoms with van der Waals surface area (Å²) in [6.45, 7) is 8.78. The lowest BCUT2D eigenvalue weighted by atomic mass is 10.3. The first-order chi connectivity index (χ1) is 10.8. The van der Waals surface area contributed by atoms with Crippen LogP contribution in [0.2, 0.25) is 0 Å². The van der Waals surface area contributed by atoms with Crippen molar-refractivity contribution in [1.29, 1.82) is 0 Å². The Bertz CT molecular complexity index is 522. The van der Waals surface area contributed by atoms with E-state index in [-0.39, 0.29) is 5.57 Å². The van der Waals surface area contributed by atoms with Gasteiger partial charge in [-0.1, -0.05) is 13.2 Å². The van der Waals surface area contributed by atoms with Gasteiger partial charge in [0, 0.05) is 24.5 Å². The minimum atomic E-state index is -0.728. The van der Waals surface area contributed by atoms with E-state index in [0.29, 0.717) is 26.1 Å². The Kier molecular flexibility index (Phi) is 6.98. The summed E-state index contributed by atoms with van der Waals surface area (Å²) in [5.41, 5.74) is 0.287. The van der Waals surface area contributed by atoms with E-state index >= 15 is 0 Å². The number of carbonyl (C=O) groups is 4. The summed E-state index contributed by atoms with van der Waals surface area (Å²) in [5, 5.41) is 0. The van der Waals surface area contributed by atoms with E-state index in [0.717, 1.165) is 6.08 Å². The summed E-state index contributed by atoms with van der Waals surface area (Å²) >= 11 is 0. The molecule has 2 aliphatic rings. The fourth-order valence-electron chi connectivity index (χ4n) is 1.59. The van der Waals surface area contributed by atoms with Gasteiger partial charge in [0.1, 0.15) is 0 Å². The van der Waals surface area contributed by atoms with Gasteiger partial charge in [-0.15, -0.1) is 0 Å². The molecule has 23 heavy (non-hydrogen) atoms. The zero-order chi connectivity index (χ0) is 17.4. The van der Waals surface area contributed by atoms with Crippen LogP contribution in [0.4, 0.5) is 0 Å². The van der Waals surface area contributed by atoms with E-state index in [1.807, 2.05) is 0 Å². The fourth-order valence-corrected chi connectivity index (χ4v) is 1.59. The molecule has 2 atom stereocenters. The van der Waals surface area contributed by atoms with E-state index < -0.39 is 36.1 Å². The molecule has 2 unspecified atom stereocenters. The highest BCUT2D eigenvalue weighted by Crippen LogP contribution is 2.11. The first-order valence-electron chi connectivity index (χ1n) is 6.88. The number of rotatable bonds is 4. The van der Waals surface area contributed by atoms with Crippen molar-refractivity contribution < 1.29 is 38.1 Å². The van der Waals surface area contributed by atoms with Gasteiger partial charge in [0.15, 0.2) is 0 Å². The van der Waals surface area contributed by atoms with Gasteiger partial charge in [-0.3, -0.25) is 0 Å². The van der Waals surface area contributed by atoms with Crippen LogP contribution in [0.3, 0.4) is 0 Å². The first-order valence-corrected chi connectivity index (χ1v) is 6.88. The predicted octanol–water partition coefficient (Wildman–Crippen LogP) is 0.452. The SMILES string of the molecule is C=C(C)C(=O)OC1CCOC1=O.C=CC(=O)OC1CCOC1=O. The van der Waals surface area contributed by atoms with Crippen LogP contribution in [0.5, 0.6) is 0 Å². The molecule has 0 aromatic rings. The number of hydrogen-bond donors (Lipinski definition) is 0. The molecule has 0 bridgehead atoms. The van der Waals surface area contributed by atoms with E-state index in [1.54, 1.807) is 0 Å². The van der Waals surface area contributed by atoms with Crippen LogP contribution in [0, 0.1) is 0 Å². The molecule has 2 fully saturated rings. The van der Waals surface area contributed by atoms with Gasteiger partial charge < -0.3 is 18.9 Å². The van der Waals surface area contributed by atoms with Crippen LogP contribution in [-0.2, 0) is 38.1 Å². The van der Waals surface area contributed by atoms with Crippen LogP contribution >= 0.6 is 0 Å². The minimum Gasteiger partial charge on any atom is -0.463 e. The van der Waals surface area contributed by atoms with Crippen molar-refractivity contribution in [3.63, 3.8) is 0 Å². The largest absolute Gasteiger partial charge is 0.463 e. The summed E-state index contributed by atoms with van der Waals surface area (Å²) < 4.78 is 18.6. The number of ether oxygens (including phenoxy) is 4. The van der Waals surface area contributed by atoms with E-state index in [4.69, 9.17) is 4.74 Å². The van der Waals surface area contributed by atoms with E-state index in [2.05, 4.69) is 27.4 Å². The molecule has 2 aliphatic heterocycles. The molecule has 126 valence electrons. The standard InChI is InChI=1S/C8H10O4.C7H8O4/c1-5(2)7(9)12-6-3-4-11-8(6)10;1-2-6(8)11-5-3-4-10-7(5)9/h6H,1,3-4H2,2H3;2,5H,1,3-4H2. The third-order valence-corrected chi connectivity index (χ3v) is 2.80. The molecule has 0 aliphatic carbocycles. The molecule has 0 spiro atoms. The predicted molar refractivity (Wildman–Crippen MR) is 75.9 cm³/mol. The Balaban J connectivity index is 0.000000231. The molecule has 8 nitrogen and oxygen atoms in total. The summed E-state index contributed by atoms with van der Waals surface area (Å²) in [6.07, 6.45) is 0.455. The zero-order valence-corrected chi connectivity index (χ0v) is 12.7. The van der Waals surface area contributed by atoms with E-state index in [1.165, 1.54) is 6.92 Å². The molecule has 2 saturated heterocycles.